The van der Waals surface area contributed by atoms with Crippen LogP contribution >= 0.6 is 0 Å². The fourth-order valence-electron chi connectivity index (χ4n) is 2.33. The average molecular weight is 287 g/mol. The highest BCUT2D eigenvalue weighted by Crippen LogP contribution is 2.22. The number of hydrogen-bond acceptors (Lipinski definition) is 2. The normalized spacial score (nSPS) is 13.9. The van der Waals surface area contributed by atoms with E-state index in [1.165, 1.54) is 12.1 Å². The lowest BCUT2D eigenvalue weighted by Crippen LogP contribution is -2.26. The van der Waals surface area contributed by atoms with Gasteiger partial charge in [0.05, 0.1) is 12.1 Å². The predicted molar refractivity (Wildman–Crippen MR) is 83.6 cm³/mol. The molecule has 0 amide bonds. The monoisotopic (exact) mass is 287 g/mol. The lowest BCUT2D eigenvalue weighted by molar-refractivity contribution is 0.159. The molecule has 2 N–H and O–H groups in total. The zero-order chi connectivity index (χ0) is 15.1. The van der Waals surface area contributed by atoms with E-state index in [-0.39, 0.29) is 18.0 Å². The van der Waals surface area contributed by atoms with Crippen LogP contribution in [0.3, 0.4) is 0 Å². The van der Waals surface area contributed by atoms with Crippen molar-refractivity contribution in [3.05, 3.63) is 71.5 Å². The number of hydrogen-bond donors (Lipinski definition) is 2. The maximum atomic E-state index is 13.1. The summed E-state index contributed by atoms with van der Waals surface area (Å²) in [6.45, 7) is 2.69. The maximum absolute atomic E-state index is 13.1. The molecule has 0 aliphatic rings. The van der Waals surface area contributed by atoms with Crippen LogP contribution in [0.4, 0.5) is 4.39 Å². The molecule has 0 bridgehead atoms. The minimum Gasteiger partial charge on any atom is -0.393 e. The van der Waals surface area contributed by atoms with Gasteiger partial charge in [0.2, 0.25) is 0 Å². The van der Waals surface area contributed by atoms with Crippen LogP contribution in [0.2, 0.25) is 0 Å². The number of benzene rings is 2. The minimum atomic E-state index is -0.276. The van der Waals surface area contributed by atoms with Crippen LogP contribution in [0, 0.1) is 5.82 Å². The second-order valence-corrected chi connectivity index (χ2v) is 5.20. The fraction of sp³-hybridized carbons (Fsp3) is 0.333. The molecule has 0 fully saturated rings. The molecule has 0 radical (unpaired) electrons. The third-order valence-electron chi connectivity index (χ3n) is 3.63. The Bertz CT molecular complexity index is 527. The van der Waals surface area contributed by atoms with Gasteiger partial charge in [-0.05, 0) is 42.6 Å². The van der Waals surface area contributed by atoms with Crippen molar-refractivity contribution >= 4 is 0 Å². The Balaban J connectivity index is 2.13. The number of aliphatic hydroxyl groups is 1. The van der Waals surface area contributed by atoms with E-state index in [1.807, 2.05) is 25.1 Å². The van der Waals surface area contributed by atoms with E-state index in [2.05, 4.69) is 17.4 Å². The minimum absolute atomic E-state index is 0.0101. The molecule has 0 heterocycles. The molecule has 2 rings (SSSR count). The number of nitrogens with one attached hydrogen (secondary N) is 1. The van der Waals surface area contributed by atoms with Gasteiger partial charge in [0.25, 0.3) is 0 Å². The van der Waals surface area contributed by atoms with Crippen LogP contribution in [0.1, 0.15) is 36.9 Å². The van der Waals surface area contributed by atoms with Gasteiger partial charge in [0.15, 0.2) is 0 Å². The predicted octanol–water partition coefficient (Wildman–Crippen LogP) is 3.67. The van der Waals surface area contributed by atoms with Crippen molar-refractivity contribution < 1.29 is 9.50 Å². The van der Waals surface area contributed by atoms with Crippen molar-refractivity contribution in [1.29, 1.82) is 0 Å². The van der Waals surface area contributed by atoms with Gasteiger partial charge in [-0.2, -0.15) is 0 Å². The third-order valence-corrected chi connectivity index (χ3v) is 3.63. The first-order valence-corrected chi connectivity index (χ1v) is 7.42. The van der Waals surface area contributed by atoms with Crippen LogP contribution in [0.15, 0.2) is 54.6 Å². The van der Waals surface area contributed by atoms with Crippen molar-refractivity contribution in [1.82, 2.24) is 5.32 Å². The molecule has 2 aromatic carbocycles. The summed E-state index contributed by atoms with van der Waals surface area (Å²) in [5.74, 6) is -0.230. The van der Waals surface area contributed by atoms with Crippen molar-refractivity contribution in [2.75, 3.05) is 6.54 Å². The number of aliphatic hydroxyl groups excluding tert-OH is 1. The van der Waals surface area contributed by atoms with E-state index in [1.54, 1.807) is 12.1 Å². The molecule has 2 nitrogen and oxygen atoms in total. The third kappa shape index (κ3) is 4.66. The van der Waals surface area contributed by atoms with E-state index >= 15 is 0 Å². The van der Waals surface area contributed by atoms with Crippen LogP contribution in [-0.4, -0.2) is 17.8 Å². The molecule has 0 saturated heterocycles. The summed E-state index contributed by atoms with van der Waals surface area (Å²) in [4.78, 5) is 0. The molecule has 0 aliphatic carbocycles. The molecular weight excluding hydrogens is 265 g/mol. The van der Waals surface area contributed by atoms with E-state index in [0.717, 1.165) is 17.5 Å². The lowest BCUT2D eigenvalue weighted by Gasteiger charge is -2.20. The summed E-state index contributed by atoms with van der Waals surface area (Å²) in [5.41, 5.74) is 2.16. The summed E-state index contributed by atoms with van der Waals surface area (Å²) in [6, 6.07) is 16.6. The van der Waals surface area contributed by atoms with E-state index in [9.17, 15) is 9.50 Å². The Kier molecular flexibility index (Phi) is 5.90. The summed E-state index contributed by atoms with van der Waals surface area (Å²) in [7, 11) is 0. The highest BCUT2D eigenvalue weighted by molar-refractivity contribution is 5.31. The first-order valence-electron chi connectivity index (χ1n) is 7.42. The van der Waals surface area contributed by atoms with Gasteiger partial charge < -0.3 is 10.4 Å². The Labute approximate surface area is 125 Å². The lowest BCUT2D eigenvalue weighted by atomic mass is 9.98. The number of halogens is 1. The summed E-state index contributed by atoms with van der Waals surface area (Å²) in [5, 5.41) is 13.1. The van der Waals surface area contributed by atoms with Crippen molar-refractivity contribution in [3.8, 4) is 0 Å². The highest BCUT2D eigenvalue weighted by Gasteiger charge is 2.13. The Morgan fingerprint density at radius 3 is 2.24 bits per heavy atom. The molecule has 2 aromatic rings. The first-order chi connectivity index (χ1) is 10.2. The largest absolute Gasteiger partial charge is 0.393 e. The summed E-state index contributed by atoms with van der Waals surface area (Å²) in [6.07, 6.45) is 1.19. The Morgan fingerprint density at radius 1 is 1.00 bits per heavy atom. The molecule has 0 spiro atoms. The molecule has 2 atom stereocenters. The second kappa shape index (κ2) is 7.91. The van der Waals surface area contributed by atoms with Crippen molar-refractivity contribution in [2.45, 2.75) is 31.9 Å². The molecule has 0 aromatic heterocycles. The Morgan fingerprint density at radius 2 is 1.62 bits per heavy atom. The van der Waals surface area contributed by atoms with Gasteiger partial charge in [-0.15, -0.1) is 0 Å². The molecular formula is C18H22FNO. The second-order valence-electron chi connectivity index (χ2n) is 5.20. The van der Waals surface area contributed by atoms with E-state index in [4.69, 9.17) is 0 Å². The number of rotatable bonds is 7. The molecule has 2 unspecified atom stereocenters. The molecule has 3 heteroatoms. The van der Waals surface area contributed by atoms with E-state index < -0.39 is 0 Å². The highest BCUT2D eigenvalue weighted by atomic mass is 19.1. The average Bonchev–Trinajstić information content (AvgIpc) is 2.53. The zero-order valence-corrected chi connectivity index (χ0v) is 12.3. The van der Waals surface area contributed by atoms with Gasteiger partial charge >= 0.3 is 0 Å². The van der Waals surface area contributed by atoms with Crippen molar-refractivity contribution in [2.24, 2.45) is 0 Å². The summed E-state index contributed by atoms with van der Waals surface area (Å²) >= 11 is 0. The quantitative estimate of drug-likeness (QED) is 0.814. The zero-order valence-electron chi connectivity index (χ0n) is 12.3. The van der Waals surface area contributed by atoms with Crippen molar-refractivity contribution in [3.63, 3.8) is 0 Å². The SMILES string of the molecule is CCC(O)CCNC(c1ccccc1)c1ccc(F)cc1. The molecule has 21 heavy (non-hydrogen) atoms. The maximum Gasteiger partial charge on any atom is 0.123 e. The Hall–Kier alpha value is -1.71. The van der Waals surface area contributed by atoms with Gasteiger partial charge in [-0.3, -0.25) is 0 Å². The first kappa shape index (κ1) is 15.7. The van der Waals surface area contributed by atoms with Crippen LogP contribution < -0.4 is 5.32 Å². The van der Waals surface area contributed by atoms with Crippen LogP contribution in [-0.2, 0) is 0 Å². The van der Waals surface area contributed by atoms with Gasteiger partial charge in [0, 0.05) is 0 Å². The van der Waals surface area contributed by atoms with Crippen LogP contribution in [0.25, 0.3) is 0 Å². The van der Waals surface area contributed by atoms with Gasteiger partial charge in [0.1, 0.15) is 5.82 Å². The van der Waals surface area contributed by atoms with Crippen LogP contribution in [0.5, 0.6) is 0 Å². The molecule has 0 saturated carbocycles. The fourth-order valence-corrected chi connectivity index (χ4v) is 2.33. The summed E-state index contributed by atoms with van der Waals surface area (Å²) < 4.78 is 13.1. The van der Waals surface area contributed by atoms with Gasteiger partial charge in [-0.1, -0.05) is 49.4 Å². The topological polar surface area (TPSA) is 32.3 Å². The van der Waals surface area contributed by atoms with Gasteiger partial charge in [-0.25, -0.2) is 4.39 Å². The van der Waals surface area contributed by atoms with E-state index in [0.29, 0.717) is 13.0 Å². The molecule has 112 valence electrons. The standard InChI is InChI=1S/C18H22FNO/c1-2-17(21)12-13-20-18(14-6-4-3-5-7-14)15-8-10-16(19)11-9-15/h3-11,17-18,20-21H,2,12-13H2,1H3. The smallest absolute Gasteiger partial charge is 0.123 e. The molecule has 0 aliphatic heterocycles.